The Morgan fingerprint density at radius 1 is 1.29 bits per heavy atom. The van der Waals surface area contributed by atoms with E-state index < -0.39 is 17.8 Å². The van der Waals surface area contributed by atoms with E-state index in [-0.39, 0.29) is 43.7 Å². The summed E-state index contributed by atoms with van der Waals surface area (Å²) in [7, 11) is 0. The van der Waals surface area contributed by atoms with Gasteiger partial charge in [-0.1, -0.05) is 12.1 Å². The zero-order valence-corrected chi connectivity index (χ0v) is 13.4. The van der Waals surface area contributed by atoms with Crippen molar-refractivity contribution in [2.45, 2.75) is 19.4 Å². The van der Waals surface area contributed by atoms with E-state index >= 15 is 0 Å². The van der Waals surface area contributed by atoms with Crippen molar-refractivity contribution >= 4 is 17.7 Å². The van der Waals surface area contributed by atoms with Crippen LogP contribution in [0.25, 0.3) is 0 Å². The van der Waals surface area contributed by atoms with Gasteiger partial charge in [-0.25, -0.2) is 4.39 Å². The van der Waals surface area contributed by atoms with Crippen molar-refractivity contribution in [1.82, 2.24) is 9.80 Å². The fraction of sp³-hybridized carbons (Fsp3) is 0.438. The van der Waals surface area contributed by atoms with Gasteiger partial charge in [-0.05, 0) is 12.1 Å². The van der Waals surface area contributed by atoms with E-state index in [4.69, 9.17) is 10.5 Å². The number of nitrogens with two attached hydrogens (primary N) is 1. The van der Waals surface area contributed by atoms with Gasteiger partial charge in [-0.3, -0.25) is 14.4 Å². The minimum Gasteiger partial charge on any atom is -0.490 e. The normalized spacial score (nSPS) is 17.5. The fourth-order valence-corrected chi connectivity index (χ4v) is 2.56. The molecule has 2 rings (SSSR count). The van der Waals surface area contributed by atoms with Crippen molar-refractivity contribution < 1.29 is 23.5 Å². The smallest absolute Gasteiger partial charge is 0.242 e. The van der Waals surface area contributed by atoms with Crippen LogP contribution < -0.4 is 10.5 Å². The largest absolute Gasteiger partial charge is 0.490 e. The maximum Gasteiger partial charge on any atom is 0.242 e. The molecule has 7 nitrogen and oxygen atoms in total. The van der Waals surface area contributed by atoms with E-state index in [1.54, 1.807) is 12.1 Å². The molecule has 0 aromatic heterocycles. The van der Waals surface area contributed by atoms with E-state index in [1.807, 2.05) is 0 Å². The van der Waals surface area contributed by atoms with E-state index in [0.29, 0.717) is 6.54 Å². The molecule has 0 radical (unpaired) electrons. The predicted octanol–water partition coefficient (Wildman–Crippen LogP) is 0.139. The molecule has 1 aromatic carbocycles. The van der Waals surface area contributed by atoms with Gasteiger partial charge in [-0.2, -0.15) is 0 Å². The van der Waals surface area contributed by atoms with Crippen LogP contribution in [0.5, 0.6) is 5.75 Å². The Labute approximate surface area is 139 Å². The number of halogens is 1. The summed E-state index contributed by atoms with van der Waals surface area (Å²) in [4.78, 5) is 38.1. The number of benzene rings is 1. The zero-order valence-electron chi connectivity index (χ0n) is 13.4. The average molecular weight is 337 g/mol. The molecule has 1 unspecified atom stereocenters. The number of ether oxygens (including phenoxy) is 1. The molecule has 2 N–H and O–H groups in total. The Morgan fingerprint density at radius 3 is 2.62 bits per heavy atom. The van der Waals surface area contributed by atoms with Gasteiger partial charge >= 0.3 is 0 Å². The van der Waals surface area contributed by atoms with Crippen molar-refractivity contribution in [3.63, 3.8) is 0 Å². The topological polar surface area (TPSA) is 92.9 Å². The number of para-hydroxylation sites is 1. The minimum absolute atomic E-state index is 0.0157. The van der Waals surface area contributed by atoms with Gasteiger partial charge in [0, 0.05) is 20.0 Å². The quantitative estimate of drug-likeness (QED) is 0.827. The lowest BCUT2D eigenvalue weighted by Crippen LogP contribution is -2.60. The number of carbonyl (C=O) groups is 3. The van der Waals surface area contributed by atoms with Gasteiger partial charge in [0.2, 0.25) is 17.7 Å². The van der Waals surface area contributed by atoms with Crippen LogP contribution in [-0.4, -0.2) is 59.8 Å². The second kappa shape index (κ2) is 7.76. The van der Waals surface area contributed by atoms with Gasteiger partial charge in [0.15, 0.2) is 11.6 Å². The number of piperazine rings is 1. The monoisotopic (exact) mass is 337 g/mol. The zero-order chi connectivity index (χ0) is 17.7. The van der Waals surface area contributed by atoms with Crippen LogP contribution in [0.2, 0.25) is 0 Å². The summed E-state index contributed by atoms with van der Waals surface area (Å²) in [6, 6.07) is 5.05. The van der Waals surface area contributed by atoms with Gasteiger partial charge in [0.05, 0.1) is 19.6 Å². The first-order valence-electron chi connectivity index (χ1n) is 7.61. The molecular weight excluding hydrogens is 317 g/mol. The number of primary amides is 1. The van der Waals surface area contributed by atoms with Crippen molar-refractivity contribution in [1.29, 1.82) is 0 Å². The SMILES string of the molecule is CC(=O)N1CCN(C(=O)CCOc2ccccc2F)C(C(N)=O)C1. The Kier molecular flexibility index (Phi) is 5.73. The number of rotatable bonds is 5. The van der Waals surface area contributed by atoms with Gasteiger partial charge in [0.25, 0.3) is 0 Å². The summed E-state index contributed by atoms with van der Waals surface area (Å²) < 4.78 is 18.7. The molecule has 1 aliphatic heterocycles. The number of amides is 3. The number of hydrogen-bond acceptors (Lipinski definition) is 4. The lowest BCUT2D eigenvalue weighted by molar-refractivity contribution is -0.147. The standard InChI is InChI=1S/C16H20FN3O4/c1-11(21)19-7-8-20(13(10-19)16(18)23)15(22)6-9-24-14-5-3-2-4-12(14)17/h2-5,13H,6-10H2,1H3,(H2,18,23). The second-order valence-corrected chi connectivity index (χ2v) is 5.50. The Balaban J connectivity index is 1.92. The van der Waals surface area contributed by atoms with Crippen LogP contribution in [-0.2, 0) is 14.4 Å². The molecule has 0 saturated carbocycles. The molecule has 1 heterocycles. The summed E-state index contributed by atoms with van der Waals surface area (Å²) >= 11 is 0. The van der Waals surface area contributed by atoms with Crippen LogP contribution in [0.15, 0.2) is 24.3 Å². The first-order chi connectivity index (χ1) is 11.4. The third kappa shape index (κ3) is 4.21. The van der Waals surface area contributed by atoms with E-state index in [2.05, 4.69) is 0 Å². The molecule has 130 valence electrons. The second-order valence-electron chi connectivity index (χ2n) is 5.50. The highest BCUT2D eigenvalue weighted by Gasteiger charge is 2.34. The highest BCUT2D eigenvalue weighted by atomic mass is 19.1. The van der Waals surface area contributed by atoms with Gasteiger partial charge < -0.3 is 20.3 Å². The van der Waals surface area contributed by atoms with E-state index in [0.717, 1.165) is 0 Å². The molecule has 0 aliphatic carbocycles. The predicted molar refractivity (Wildman–Crippen MR) is 83.5 cm³/mol. The van der Waals surface area contributed by atoms with Crippen molar-refractivity contribution in [2.24, 2.45) is 5.73 Å². The van der Waals surface area contributed by atoms with Gasteiger partial charge in [-0.15, -0.1) is 0 Å². The summed E-state index contributed by atoms with van der Waals surface area (Å²) in [6.07, 6.45) is -0.0157. The minimum atomic E-state index is -0.858. The average Bonchev–Trinajstić information content (AvgIpc) is 2.55. The molecule has 3 amide bonds. The van der Waals surface area contributed by atoms with Gasteiger partial charge in [0.1, 0.15) is 6.04 Å². The molecule has 1 atom stereocenters. The lowest BCUT2D eigenvalue weighted by Gasteiger charge is -2.39. The first kappa shape index (κ1) is 17.7. The maximum absolute atomic E-state index is 13.4. The molecule has 8 heteroatoms. The highest BCUT2D eigenvalue weighted by molar-refractivity contribution is 5.88. The maximum atomic E-state index is 13.4. The summed E-state index contributed by atoms with van der Waals surface area (Å²) in [6.45, 7) is 2.05. The molecule has 0 spiro atoms. The van der Waals surface area contributed by atoms with Crippen molar-refractivity contribution in [2.75, 3.05) is 26.2 Å². The van der Waals surface area contributed by atoms with Crippen LogP contribution >= 0.6 is 0 Å². The van der Waals surface area contributed by atoms with E-state index in [9.17, 15) is 18.8 Å². The molecule has 1 saturated heterocycles. The number of carbonyl (C=O) groups excluding carboxylic acids is 3. The van der Waals surface area contributed by atoms with Crippen molar-refractivity contribution in [3.05, 3.63) is 30.1 Å². The Bertz CT molecular complexity index is 638. The van der Waals surface area contributed by atoms with Crippen molar-refractivity contribution in [3.8, 4) is 5.75 Å². The summed E-state index contributed by atoms with van der Waals surface area (Å²) in [5.41, 5.74) is 5.35. The van der Waals surface area contributed by atoms with Crippen LogP contribution in [0.3, 0.4) is 0 Å². The summed E-state index contributed by atoms with van der Waals surface area (Å²) in [5.74, 6) is -1.59. The molecule has 1 fully saturated rings. The first-order valence-corrected chi connectivity index (χ1v) is 7.61. The number of nitrogens with zero attached hydrogens (tertiary/aromatic N) is 2. The molecule has 24 heavy (non-hydrogen) atoms. The number of hydrogen-bond donors (Lipinski definition) is 1. The lowest BCUT2D eigenvalue weighted by atomic mass is 10.1. The molecular formula is C16H20FN3O4. The van der Waals surface area contributed by atoms with Crippen LogP contribution in [0.1, 0.15) is 13.3 Å². The third-order valence-electron chi connectivity index (χ3n) is 3.88. The third-order valence-corrected chi connectivity index (χ3v) is 3.88. The molecule has 1 aliphatic rings. The van der Waals surface area contributed by atoms with Crippen LogP contribution in [0.4, 0.5) is 4.39 Å². The van der Waals surface area contributed by atoms with Crippen LogP contribution in [0, 0.1) is 5.82 Å². The summed E-state index contributed by atoms with van der Waals surface area (Å²) in [5, 5.41) is 0. The Hall–Kier alpha value is -2.64. The highest BCUT2D eigenvalue weighted by Crippen LogP contribution is 2.16. The fourth-order valence-electron chi connectivity index (χ4n) is 2.56. The molecule has 0 bridgehead atoms. The molecule has 1 aromatic rings. The van der Waals surface area contributed by atoms with E-state index in [1.165, 1.54) is 28.9 Å². The Morgan fingerprint density at radius 2 is 2.00 bits per heavy atom.